The topological polar surface area (TPSA) is 55.0 Å². The Bertz CT molecular complexity index is 826. The van der Waals surface area contributed by atoms with Crippen molar-refractivity contribution < 1.29 is 4.74 Å². The number of aryl methyl sites for hydroxylation is 1. The highest BCUT2D eigenvalue weighted by atomic mass is 16.5. The van der Waals surface area contributed by atoms with Gasteiger partial charge in [-0.05, 0) is 43.0 Å². The predicted octanol–water partition coefficient (Wildman–Crippen LogP) is 3.35. The molecule has 0 aliphatic heterocycles. The number of pyridine rings is 1. The third-order valence-corrected chi connectivity index (χ3v) is 4.45. The van der Waals surface area contributed by atoms with Crippen molar-refractivity contribution in [2.24, 2.45) is 0 Å². The molecule has 0 saturated heterocycles. The standard InChI is InChI=1S/C19H20N2O2/c1-3-6-14-11-15(21-10-5-4-7-17(21)22)12-16(18(14)23-2)19(13-20)8-9-19/h4-5,7,10-12H,3,6,8-9H2,1-2H3. The van der Waals surface area contributed by atoms with Gasteiger partial charge in [-0.25, -0.2) is 0 Å². The highest BCUT2D eigenvalue weighted by molar-refractivity contribution is 5.57. The second-order valence-electron chi connectivity index (χ2n) is 6.04. The van der Waals surface area contributed by atoms with Crippen molar-refractivity contribution in [3.63, 3.8) is 0 Å². The molecule has 1 aliphatic carbocycles. The van der Waals surface area contributed by atoms with Gasteiger partial charge in [0, 0.05) is 23.5 Å². The van der Waals surface area contributed by atoms with Crippen molar-refractivity contribution in [3.05, 3.63) is 58.0 Å². The van der Waals surface area contributed by atoms with Crippen LogP contribution in [0.4, 0.5) is 0 Å². The van der Waals surface area contributed by atoms with E-state index in [0.717, 1.165) is 48.2 Å². The lowest BCUT2D eigenvalue weighted by molar-refractivity contribution is 0.402. The maximum Gasteiger partial charge on any atom is 0.255 e. The van der Waals surface area contributed by atoms with Gasteiger partial charge in [0.1, 0.15) is 5.75 Å². The second-order valence-corrected chi connectivity index (χ2v) is 6.04. The Morgan fingerprint density at radius 1 is 1.35 bits per heavy atom. The molecule has 2 aromatic rings. The summed E-state index contributed by atoms with van der Waals surface area (Å²) in [7, 11) is 1.65. The molecule has 0 spiro atoms. The minimum absolute atomic E-state index is 0.0760. The van der Waals surface area contributed by atoms with Crippen LogP contribution in [0.25, 0.3) is 5.69 Å². The number of ether oxygens (including phenoxy) is 1. The molecule has 1 aromatic carbocycles. The molecule has 4 nitrogen and oxygen atoms in total. The first kappa shape index (κ1) is 15.4. The first-order valence-electron chi connectivity index (χ1n) is 7.96. The van der Waals surface area contributed by atoms with Gasteiger partial charge in [-0.2, -0.15) is 5.26 Å². The molecule has 23 heavy (non-hydrogen) atoms. The average molecular weight is 308 g/mol. The van der Waals surface area contributed by atoms with E-state index in [1.165, 1.54) is 0 Å². The maximum absolute atomic E-state index is 12.2. The molecule has 0 atom stereocenters. The number of hydrogen-bond acceptors (Lipinski definition) is 3. The van der Waals surface area contributed by atoms with E-state index in [0.29, 0.717) is 0 Å². The molecule has 1 saturated carbocycles. The van der Waals surface area contributed by atoms with Crippen molar-refractivity contribution in [2.75, 3.05) is 7.11 Å². The molecule has 0 amide bonds. The average Bonchev–Trinajstić information content (AvgIpc) is 3.36. The van der Waals surface area contributed by atoms with Crippen molar-refractivity contribution >= 4 is 0 Å². The molecule has 4 heteroatoms. The summed E-state index contributed by atoms with van der Waals surface area (Å²) in [6.07, 6.45) is 5.28. The van der Waals surface area contributed by atoms with Crippen LogP contribution in [-0.2, 0) is 11.8 Å². The molecule has 3 rings (SSSR count). The zero-order chi connectivity index (χ0) is 16.4. The minimum Gasteiger partial charge on any atom is -0.496 e. The van der Waals surface area contributed by atoms with Crippen molar-refractivity contribution in [1.82, 2.24) is 4.57 Å². The highest BCUT2D eigenvalue weighted by Crippen LogP contribution is 2.52. The van der Waals surface area contributed by atoms with Gasteiger partial charge >= 0.3 is 0 Å². The molecule has 1 aromatic heterocycles. The van der Waals surface area contributed by atoms with Crippen LogP contribution in [0.3, 0.4) is 0 Å². The Morgan fingerprint density at radius 3 is 2.70 bits per heavy atom. The predicted molar refractivity (Wildman–Crippen MR) is 89.1 cm³/mol. The fourth-order valence-electron chi connectivity index (χ4n) is 3.07. The maximum atomic E-state index is 12.2. The first-order chi connectivity index (χ1) is 11.1. The van der Waals surface area contributed by atoms with Crippen LogP contribution in [0.5, 0.6) is 5.75 Å². The van der Waals surface area contributed by atoms with E-state index >= 15 is 0 Å². The number of hydrogen-bond donors (Lipinski definition) is 0. The van der Waals surface area contributed by atoms with E-state index in [4.69, 9.17) is 4.74 Å². The quantitative estimate of drug-likeness (QED) is 0.851. The van der Waals surface area contributed by atoms with Gasteiger partial charge < -0.3 is 4.74 Å². The third-order valence-electron chi connectivity index (χ3n) is 4.45. The van der Waals surface area contributed by atoms with E-state index in [1.807, 2.05) is 18.2 Å². The van der Waals surface area contributed by atoms with Crippen molar-refractivity contribution in [1.29, 1.82) is 5.26 Å². The van der Waals surface area contributed by atoms with Gasteiger partial charge in [0.2, 0.25) is 0 Å². The van der Waals surface area contributed by atoms with Crippen molar-refractivity contribution in [2.45, 2.75) is 38.0 Å². The Labute approximate surface area is 135 Å². The Hall–Kier alpha value is -2.54. The Kier molecular flexibility index (Phi) is 3.96. The lowest BCUT2D eigenvalue weighted by atomic mass is 9.92. The summed E-state index contributed by atoms with van der Waals surface area (Å²) in [6.45, 7) is 2.11. The fraction of sp³-hybridized carbons (Fsp3) is 0.368. The van der Waals surface area contributed by atoms with Crippen LogP contribution < -0.4 is 10.3 Å². The Morgan fingerprint density at radius 2 is 2.13 bits per heavy atom. The minimum atomic E-state index is -0.456. The van der Waals surface area contributed by atoms with E-state index in [-0.39, 0.29) is 5.56 Å². The fourth-order valence-corrected chi connectivity index (χ4v) is 3.07. The zero-order valence-electron chi connectivity index (χ0n) is 13.5. The van der Waals surface area contributed by atoms with E-state index in [2.05, 4.69) is 13.0 Å². The number of nitriles is 1. The van der Waals surface area contributed by atoms with Gasteiger partial charge in [0.25, 0.3) is 5.56 Å². The monoisotopic (exact) mass is 308 g/mol. The van der Waals surface area contributed by atoms with Crippen LogP contribution in [0, 0.1) is 11.3 Å². The Balaban J connectivity index is 2.25. The molecule has 1 fully saturated rings. The number of methoxy groups -OCH3 is 1. The van der Waals surface area contributed by atoms with Gasteiger partial charge in [-0.3, -0.25) is 9.36 Å². The summed E-state index contributed by atoms with van der Waals surface area (Å²) in [5.74, 6) is 0.804. The van der Waals surface area contributed by atoms with Crippen LogP contribution >= 0.6 is 0 Å². The lowest BCUT2D eigenvalue weighted by Gasteiger charge is -2.19. The summed E-state index contributed by atoms with van der Waals surface area (Å²) in [6, 6.07) is 11.5. The summed E-state index contributed by atoms with van der Waals surface area (Å²) >= 11 is 0. The van der Waals surface area contributed by atoms with E-state index in [9.17, 15) is 10.1 Å². The first-order valence-corrected chi connectivity index (χ1v) is 7.96. The summed E-state index contributed by atoms with van der Waals surface area (Å²) in [5, 5.41) is 9.59. The molecule has 1 aliphatic rings. The summed E-state index contributed by atoms with van der Waals surface area (Å²) in [4.78, 5) is 12.2. The normalized spacial score (nSPS) is 15.0. The number of aromatic nitrogens is 1. The second kappa shape index (κ2) is 5.92. The van der Waals surface area contributed by atoms with E-state index in [1.54, 1.807) is 30.0 Å². The molecule has 1 heterocycles. The number of nitrogens with zero attached hydrogens (tertiary/aromatic N) is 2. The molecule has 0 bridgehead atoms. The largest absolute Gasteiger partial charge is 0.496 e. The summed E-state index contributed by atoms with van der Waals surface area (Å²) < 4.78 is 7.26. The molecular formula is C19H20N2O2. The third kappa shape index (κ3) is 2.63. The SMILES string of the molecule is CCCc1cc(-n2ccccc2=O)cc(C2(C#N)CC2)c1OC. The van der Waals surface area contributed by atoms with Gasteiger partial charge in [0.15, 0.2) is 0 Å². The molecule has 118 valence electrons. The van der Waals surface area contributed by atoms with Gasteiger partial charge in [-0.15, -0.1) is 0 Å². The zero-order valence-corrected chi connectivity index (χ0v) is 13.5. The van der Waals surface area contributed by atoms with Crippen molar-refractivity contribution in [3.8, 4) is 17.5 Å². The number of rotatable bonds is 5. The van der Waals surface area contributed by atoms with Crippen LogP contribution in [0.1, 0.15) is 37.3 Å². The summed E-state index contributed by atoms with van der Waals surface area (Å²) in [5.41, 5.74) is 2.24. The van der Waals surface area contributed by atoms with Crippen LogP contribution in [0.15, 0.2) is 41.3 Å². The highest BCUT2D eigenvalue weighted by Gasteiger charge is 2.47. The molecular weight excluding hydrogens is 288 g/mol. The molecule has 0 N–H and O–H groups in total. The van der Waals surface area contributed by atoms with Crippen LogP contribution in [-0.4, -0.2) is 11.7 Å². The smallest absolute Gasteiger partial charge is 0.255 e. The van der Waals surface area contributed by atoms with Gasteiger partial charge in [0.05, 0.1) is 18.6 Å². The number of benzene rings is 1. The van der Waals surface area contributed by atoms with E-state index < -0.39 is 5.41 Å². The molecule has 0 radical (unpaired) electrons. The lowest BCUT2D eigenvalue weighted by Crippen LogP contribution is -2.17. The van der Waals surface area contributed by atoms with Crippen LogP contribution in [0.2, 0.25) is 0 Å². The van der Waals surface area contributed by atoms with Gasteiger partial charge in [-0.1, -0.05) is 19.4 Å². The molecule has 0 unspecified atom stereocenters.